The first-order chi connectivity index (χ1) is 10.5. The van der Waals surface area contributed by atoms with Crippen molar-refractivity contribution < 1.29 is 22.7 Å². The number of hydrogen-bond acceptors (Lipinski definition) is 3. The van der Waals surface area contributed by atoms with E-state index in [1.165, 1.54) is 24.3 Å². The molecule has 2 aromatic carbocycles. The number of ether oxygens (including phenoxy) is 1. The molecule has 0 aliphatic rings. The van der Waals surface area contributed by atoms with E-state index in [1.54, 1.807) is 0 Å². The number of amides is 1. The van der Waals surface area contributed by atoms with Gasteiger partial charge >= 0.3 is 0 Å². The molecule has 0 heterocycles. The summed E-state index contributed by atoms with van der Waals surface area (Å²) in [4.78, 5) is 11.4. The first-order valence-corrected chi connectivity index (χ1v) is 6.20. The Labute approximate surface area is 124 Å². The molecular formula is C15H11F3N2O2. The Morgan fingerprint density at radius 1 is 1.14 bits per heavy atom. The predicted molar refractivity (Wildman–Crippen MR) is 74.0 cm³/mol. The van der Waals surface area contributed by atoms with Crippen LogP contribution in [0.2, 0.25) is 0 Å². The molecule has 0 bridgehead atoms. The van der Waals surface area contributed by atoms with Gasteiger partial charge in [-0.1, -0.05) is 12.1 Å². The van der Waals surface area contributed by atoms with Gasteiger partial charge in [0.15, 0.2) is 18.2 Å². The number of rotatable bonds is 5. The van der Waals surface area contributed by atoms with Crippen LogP contribution in [-0.4, -0.2) is 18.7 Å². The number of hydrogen-bond donors (Lipinski definition) is 1. The topological polar surface area (TPSA) is 50.7 Å². The Hall–Kier alpha value is -2.83. The molecule has 4 nitrogen and oxygen atoms in total. The predicted octanol–water partition coefficient (Wildman–Crippen LogP) is 2.63. The molecule has 2 rings (SSSR count). The zero-order valence-electron chi connectivity index (χ0n) is 11.2. The van der Waals surface area contributed by atoms with E-state index in [4.69, 9.17) is 4.74 Å². The van der Waals surface area contributed by atoms with Crippen molar-refractivity contribution in [3.63, 3.8) is 0 Å². The second-order valence-electron chi connectivity index (χ2n) is 4.21. The van der Waals surface area contributed by atoms with Gasteiger partial charge in [0, 0.05) is 6.07 Å². The van der Waals surface area contributed by atoms with Crippen molar-refractivity contribution in [2.24, 2.45) is 5.10 Å². The lowest BCUT2D eigenvalue weighted by Gasteiger charge is -2.04. The molecule has 0 aliphatic heterocycles. The lowest BCUT2D eigenvalue weighted by atomic mass is 10.2. The number of nitrogens with one attached hydrogen (secondary N) is 1. The van der Waals surface area contributed by atoms with E-state index in [0.717, 1.165) is 24.4 Å². The summed E-state index contributed by atoms with van der Waals surface area (Å²) in [5.41, 5.74) is 2.43. The molecule has 1 N–H and O–H groups in total. The summed E-state index contributed by atoms with van der Waals surface area (Å²) in [6.07, 6.45) is 1.16. The number of halogens is 3. The lowest BCUT2D eigenvalue weighted by molar-refractivity contribution is -0.123. The van der Waals surface area contributed by atoms with Gasteiger partial charge < -0.3 is 4.74 Å². The summed E-state index contributed by atoms with van der Waals surface area (Å²) in [7, 11) is 0. The summed E-state index contributed by atoms with van der Waals surface area (Å²) in [5.74, 6) is -2.83. The van der Waals surface area contributed by atoms with Gasteiger partial charge in [0.2, 0.25) is 0 Å². The fourth-order valence-corrected chi connectivity index (χ4v) is 1.51. The molecule has 22 heavy (non-hydrogen) atoms. The molecule has 114 valence electrons. The van der Waals surface area contributed by atoms with Crippen LogP contribution >= 0.6 is 0 Å². The minimum absolute atomic E-state index is 0.208. The van der Waals surface area contributed by atoms with Gasteiger partial charge in [-0.15, -0.1) is 0 Å². The van der Waals surface area contributed by atoms with E-state index >= 15 is 0 Å². The van der Waals surface area contributed by atoms with Crippen molar-refractivity contribution in [3.05, 3.63) is 65.5 Å². The van der Waals surface area contributed by atoms with Crippen LogP contribution in [0.3, 0.4) is 0 Å². The first-order valence-electron chi connectivity index (χ1n) is 6.20. The van der Waals surface area contributed by atoms with Gasteiger partial charge in [0.25, 0.3) is 5.91 Å². The Balaban J connectivity index is 1.82. The van der Waals surface area contributed by atoms with Crippen LogP contribution in [0, 0.1) is 17.5 Å². The van der Waals surface area contributed by atoms with Crippen molar-refractivity contribution in [1.82, 2.24) is 5.43 Å². The SMILES string of the molecule is O=C(COc1cccc(F)c1)N/N=C\c1ccc(F)c(F)c1. The third-order valence-electron chi connectivity index (χ3n) is 2.51. The molecule has 0 saturated carbocycles. The van der Waals surface area contributed by atoms with E-state index in [1.807, 2.05) is 0 Å². The van der Waals surface area contributed by atoms with Crippen molar-refractivity contribution in [1.29, 1.82) is 0 Å². The van der Waals surface area contributed by atoms with E-state index in [2.05, 4.69) is 10.5 Å². The quantitative estimate of drug-likeness (QED) is 0.682. The van der Waals surface area contributed by atoms with E-state index in [9.17, 15) is 18.0 Å². The maximum absolute atomic E-state index is 12.9. The highest BCUT2D eigenvalue weighted by Crippen LogP contribution is 2.11. The molecule has 0 atom stereocenters. The van der Waals surface area contributed by atoms with Crippen LogP contribution < -0.4 is 10.2 Å². The second kappa shape index (κ2) is 7.26. The van der Waals surface area contributed by atoms with E-state index in [0.29, 0.717) is 0 Å². The van der Waals surface area contributed by atoms with Crippen LogP contribution in [0.15, 0.2) is 47.6 Å². The monoisotopic (exact) mass is 308 g/mol. The highest BCUT2D eigenvalue weighted by molar-refractivity contribution is 5.82. The number of hydrazone groups is 1. The van der Waals surface area contributed by atoms with Crippen molar-refractivity contribution in [2.45, 2.75) is 0 Å². The Morgan fingerprint density at radius 3 is 2.68 bits per heavy atom. The van der Waals surface area contributed by atoms with Gasteiger partial charge in [0.1, 0.15) is 11.6 Å². The van der Waals surface area contributed by atoms with Crippen molar-refractivity contribution in [2.75, 3.05) is 6.61 Å². The molecule has 1 amide bonds. The zero-order valence-corrected chi connectivity index (χ0v) is 11.2. The van der Waals surface area contributed by atoms with Gasteiger partial charge in [-0.25, -0.2) is 18.6 Å². The molecule has 0 fully saturated rings. The molecule has 0 radical (unpaired) electrons. The zero-order chi connectivity index (χ0) is 15.9. The largest absolute Gasteiger partial charge is 0.484 e. The Morgan fingerprint density at radius 2 is 1.95 bits per heavy atom. The fraction of sp³-hybridized carbons (Fsp3) is 0.0667. The molecule has 0 aromatic heterocycles. The Bertz CT molecular complexity index is 705. The molecule has 0 spiro atoms. The first kappa shape index (κ1) is 15.6. The molecule has 7 heteroatoms. The van der Waals surface area contributed by atoms with Crippen LogP contribution in [0.5, 0.6) is 5.75 Å². The summed E-state index contributed by atoms with van der Waals surface area (Å²) in [6.45, 7) is -0.363. The van der Waals surface area contributed by atoms with Crippen LogP contribution in [-0.2, 0) is 4.79 Å². The van der Waals surface area contributed by atoms with Gasteiger partial charge in [-0.3, -0.25) is 4.79 Å². The molecular weight excluding hydrogens is 297 g/mol. The smallest absolute Gasteiger partial charge is 0.277 e. The molecule has 2 aromatic rings. The average molecular weight is 308 g/mol. The molecule has 0 aliphatic carbocycles. The molecule has 0 unspecified atom stereocenters. The summed E-state index contributed by atoms with van der Waals surface area (Å²) in [6, 6.07) is 8.53. The fourth-order valence-electron chi connectivity index (χ4n) is 1.51. The number of nitrogens with zero attached hydrogens (tertiary/aromatic N) is 1. The summed E-state index contributed by atoms with van der Waals surface area (Å²) >= 11 is 0. The number of carbonyl (C=O) groups is 1. The minimum Gasteiger partial charge on any atom is -0.484 e. The standard InChI is InChI=1S/C15H11F3N2O2/c16-11-2-1-3-12(7-11)22-9-15(21)20-19-8-10-4-5-13(17)14(18)6-10/h1-8H,9H2,(H,20,21)/b19-8-. The van der Waals surface area contributed by atoms with E-state index in [-0.39, 0.29) is 17.9 Å². The average Bonchev–Trinajstić information content (AvgIpc) is 2.49. The number of carbonyl (C=O) groups excluding carboxylic acids is 1. The maximum Gasteiger partial charge on any atom is 0.277 e. The van der Waals surface area contributed by atoms with E-state index < -0.39 is 23.4 Å². The Kier molecular flexibility index (Phi) is 5.13. The van der Waals surface area contributed by atoms with Crippen molar-refractivity contribution >= 4 is 12.1 Å². The van der Waals surface area contributed by atoms with Crippen LogP contribution in [0.4, 0.5) is 13.2 Å². The maximum atomic E-state index is 12.9. The van der Waals surface area contributed by atoms with Crippen LogP contribution in [0.1, 0.15) is 5.56 Å². The van der Waals surface area contributed by atoms with Gasteiger partial charge in [-0.05, 0) is 29.8 Å². The van der Waals surface area contributed by atoms with Crippen LogP contribution in [0.25, 0.3) is 0 Å². The normalized spacial score (nSPS) is 10.7. The highest BCUT2D eigenvalue weighted by Gasteiger charge is 2.03. The summed E-state index contributed by atoms with van der Waals surface area (Å²) in [5, 5.41) is 3.57. The van der Waals surface area contributed by atoms with Crippen molar-refractivity contribution in [3.8, 4) is 5.75 Å². The second-order valence-corrected chi connectivity index (χ2v) is 4.21. The molecule has 0 saturated heterocycles. The van der Waals surface area contributed by atoms with Gasteiger partial charge in [-0.2, -0.15) is 5.10 Å². The third kappa shape index (κ3) is 4.62. The minimum atomic E-state index is -1.01. The highest BCUT2D eigenvalue weighted by atomic mass is 19.2. The number of benzene rings is 2. The van der Waals surface area contributed by atoms with Gasteiger partial charge in [0.05, 0.1) is 6.21 Å². The third-order valence-corrected chi connectivity index (χ3v) is 2.51. The lowest BCUT2D eigenvalue weighted by Crippen LogP contribution is -2.24. The summed E-state index contributed by atoms with van der Waals surface area (Å²) < 4.78 is 43.6.